The minimum atomic E-state index is -0.329. The van der Waals surface area contributed by atoms with Gasteiger partial charge in [0.1, 0.15) is 0 Å². The first-order valence-electron chi connectivity index (χ1n) is 8.97. The van der Waals surface area contributed by atoms with Crippen molar-refractivity contribution >= 4 is 35.9 Å². The van der Waals surface area contributed by atoms with Crippen molar-refractivity contribution in [2.45, 2.75) is 19.9 Å². The van der Waals surface area contributed by atoms with Crippen LogP contribution in [0.4, 0.5) is 0 Å². The first-order valence-corrected chi connectivity index (χ1v) is 8.97. The number of carbonyl (C=O) groups excluding carboxylic acids is 1. The monoisotopic (exact) mass is 492 g/mol. The highest BCUT2D eigenvalue weighted by Crippen LogP contribution is 2.06. The fourth-order valence-corrected chi connectivity index (χ4v) is 2.33. The van der Waals surface area contributed by atoms with Crippen molar-refractivity contribution in [3.05, 3.63) is 35.4 Å². The lowest BCUT2D eigenvalue weighted by Gasteiger charge is -2.18. The number of ether oxygens (including phenoxy) is 2. The third-order valence-corrected chi connectivity index (χ3v) is 3.81. The van der Waals surface area contributed by atoms with Gasteiger partial charge in [0.25, 0.3) is 0 Å². The molecule has 0 saturated carbocycles. The van der Waals surface area contributed by atoms with Gasteiger partial charge in [-0.05, 0) is 38.1 Å². The van der Waals surface area contributed by atoms with E-state index in [1.165, 1.54) is 7.11 Å². The van der Waals surface area contributed by atoms with Crippen LogP contribution in [0.2, 0.25) is 0 Å². The molecule has 0 radical (unpaired) electrons. The second-order valence-corrected chi connectivity index (χ2v) is 5.96. The van der Waals surface area contributed by atoms with Crippen molar-refractivity contribution in [1.82, 2.24) is 15.5 Å². The number of aliphatic imine (C=N–C) groups is 1. The van der Waals surface area contributed by atoms with Gasteiger partial charge in [-0.3, -0.25) is 0 Å². The average Bonchev–Trinajstić information content (AvgIpc) is 2.66. The lowest BCUT2D eigenvalue weighted by atomic mass is 10.1. The van der Waals surface area contributed by atoms with E-state index in [0.717, 1.165) is 50.7 Å². The lowest BCUT2D eigenvalue weighted by Crippen LogP contribution is -2.41. The molecule has 154 valence electrons. The van der Waals surface area contributed by atoms with E-state index in [1.54, 1.807) is 19.2 Å². The van der Waals surface area contributed by atoms with Crippen LogP contribution >= 0.6 is 24.0 Å². The molecule has 2 N–H and O–H groups in total. The molecule has 0 aliphatic rings. The molecule has 0 heterocycles. The minimum absolute atomic E-state index is 0. The van der Waals surface area contributed by atoms with Gasteiger partial charge < -0.3 is 25.0 Å². The summed E-state index contributed by atoms with van der Waals surface area (Å²) in [5, 5.41) is 6.59. The molecule has 0 atom stereocenters. The molecule has 1 aromatic rings. The van der Waals surface area contributed by atoms with Gasteiger partial charge in [0.15, 0.2) is 5.96 Å². The van der Waals surface area contributed by atoms with Crippen LogP contribution < -0.4 is 10.6 Å². The number of hydrogen-bond acceptors (Lipinski definition) is 5. The lowest BCUT2D eigenvalue weighted by molar-refractivity contribution is 0.0600. The Labute approximate surface area is 179 Å². The quantitative estimate of drug-likeness (QED) is 0.162. The third-order valence-electron chi connectivity index (χ3n) is 3.81. The van der Waals surface area contributed by atoms with Crippen molar-refractivity contribution in [2.75, 3.05) is 54.1 Å². The van der Waals surface area contributed by atoms with Crippen LogP contribution in [0.1, 0.15) is 29.3 Å². The Morgan fingerprint density at radius 3 is 2.44 bits per heavy atom. The summed E-state index contributed by atoms with van der Waals surface area (Å²) in [7, 11) is 5.21. The fourth-order valence-electron chi connectivity index (χ4n) is 2.33. The van der Waals surface area contributed by atoms with Crippen molar-refractivity contribution < 1.29 is 14.3 Å². The summed E-state index contributed by atoms with van der Waals surface area (Å²) in [5.41, 5.74) is 1.58. The fraction of sp³-hybridized carbons (Fsp3) is 0.579. The van der Waals surface area contributed by atoms with E-state index >= 15 is 0 Å². The minimum Gasteiger partial charge on any atom is -0.465 e. The van der Waals surface area contributed by atoms with Crippen LogP contribution in [0.25, 0.3) is 0 Å². The molecule has 7 nitrogen and oxygen atoms in total. The summed E-state index contributed by atoms with van der Waals surface area (Å²) in [5.74, 6) is 0.458. The number of nitrogens with one attached hydrogen (secondary N) is 2. The van der Waals surface area contributed by atoms with E-state index < -0.39 is 0 Å². The van der Waals surface area contributed by atoms with Crippen LogP contribution in [-0.4, -0.2) is 70.9 Å². The first-order chi connectivity index (χ1) is 12.6. The van der Waals surface area contributed by atoms with Crippen molar-refractivity contribution in [2.24, 2.45) is 4.99 Å². The maximum atomic E-state index is 11.5. The summed E-state index contributed by atoms with van der Waals surface area (Å²) in [4.78, 5) is 18.3. The first kappa shape index (κ1) is 25.6. The predicted octanol–water partition coefficient (Wildman–Crippen LogP) is 2.11. The Hall–Kier alpha value is -1.39. The normalized spacial score (nSPS) is 11.1. The highest BCUT2D eigenvalue weighted by molar-refractivity contribution is 14.0. The van der Waals surface area contributed by atoms with E-state index in [0.29, 0.717) is 12.1 Å². The van der Waals surface area contributed by atoms with Crippen LogP contribution in [0.3, 0.4) is 0 Å². The number of hydrogen-bond donors (Lipinski definition) is 2. The summed E-state index contributed by atoms with van der Waals surface area (Å²) >= 11 is 0. The number of nitrogens with zero attached hydrogens (tertiary/aromatic N) is 2. The highest BCUT2D eigenvalue weighted by Gasteiger charge is 2.04. The molecular formula is C19H33IN4O3. The van der Waals surface area contributed by atoms with E-state index in [2.05, 4.69) is 27.6 Å². The van der Waals surface area contributed by atoms with Gasteiger partial charge in [-0.15, -0.1) is 24.0 Å². The molecule has 0 spiro atoms. The van der Waals surface area contributed by atoms with Crippen LogP contribution in [0.15, 0.2) is 29.3 Å². The number of esters is 1. The molecule has 0 unspecified atom stereocenters. The largest absolute Gasteiger partial charge is 0.465 e. The Morgan fingerprint density at radius 1 is 1.15 bits per heavy atom. The molecule has 27 heavy (non-hydrogen) atoms. The Kier molecular flexibility index (Phi) is 14.8. The molecule has 1 rings (SSSR count). The Morgan fingerprint density at radius 2 is 1.85 bits per heavy atom. The van der Waals surface area contributed by atoms with Crippen molar-refractivity contribution in [3.8, 4) is 0 Å². The summed E-state index contributed by atoms with van der Waals surface area (Å²) in [6.07, 6.45) is 1.03. The topological polar surface area (TPSA) is 75.2 Å². The highest BCUT2D eigenvalue weighted by atomic mass is 127. The SMILES string of the molecule is CCNC(=NCc1ccc(C(=O)OC)cc1)NCCN(C)CCCOC.I. The van der Waals surface area contributed by atoms with Gasteiger partial charge in [-0.2, -0.15) is 0 Å². The zero-order chi connectivity index (χ0) is 19.2. The number of methoxy groups -OCH3 is 2. The van der Waals surface area contributed by atoms with Crippen molar-refractivity contribution in [3.63, 3.8) is 0 Å². The second kappa shape index (κ2) is 15.6. The summed E-state index contributed by atoms with van der Waals surface area (Å²) in [6, 6.07) is 7.30. The molecule has 0 saturated heterocycles. The molecule has 0 aliphatic carbocycles. The maximum Gasteiger partial charge on any atom is 0.337 e. The van der Waals surface area contributed by atoms with Gasteiger partial charge in [0, 0.05) is 39.9 Å². The molecule has 1 aromatic carbocycles. The molecule has 8 heteroatoms. The molecule has 0 fully saturated rings. The number of rotatable bonds is 11. The molecule has 0 bridgehead atoms. The van der Waals surface area contributed by atoms with Crippen LogP contribution in [-0.2, 0) is 16.0 Å². The average molecular weight is 492 g/mol. The molecular weight excluding hydrogens is 459 g/mol. The third kappa shape index (κ3) is 11.1. The van der Waals surface area contributed by atoms with Gasteiger partial charge in [0.05, 0.1) is 19.2 Å². The van der Waals surface area contributed by atoms with Gasteiger partial charge in [-0.1, -0.05) is 12.1 Å². The van der Waals surface area contributed by atoms with Crippen molar-refractivity contribution in [1.29, 1.82) is 0 Å². The van der Waals surface area contributed by atoms with E-state index in [1.807, 2.05) is 19.1 Å². The smallest absolute Gasteiger partial charge is 0.337 e. The van der Waals surface area contributed by atoms with E-state index in [4.69, 9.17) is 9.47 Å². The van der Waals surface area contributed by atoms with Gasteiger partial charge >= 0.3 is 5.97 Å². The van der Waals surface area contributed by atoms with E-state index in [-0.39, 0.29) is 29.9 Å². The standard InChI is InChI=1S/C19H32N4O3.HI/c1-5-20-19(21-11-13-23(2)12-6-14-25-3)22-15-16-7-9-17(10-8-16)18(24)26-4;/h7-10H,5-6,11-15H2,1-4H3,(H2,20,21,22);1H. The van der Waals surface area contributed by atoms with E-state index in [9.17, 15) is 4.79 Å². The Bertz CT molecular complexity index is 552. The van der Waals surface area contributed by atoms with Crippen LogP contribution in [0.5, 0.6) is 0 Å². The second-order valence-electron chi connectivity index (χ2n) is 5.96. The summed E-state index contributed by atoms with van der Waals surface area (Å²) < 4.78 is 9.77. The van der Waals surface area contributed by atoms with Gasteiger partial charge in [-0.25, -0.2) is 9.79 Å². The Balaban J connectivity index is 0.00000676. The number of carbonyl (C=O) groups is 1. The predicted molar refractivity (Wildman–Crippen MR) is 120 cm³/mol. The number of benzene rings is 1. The summed E-state index contributed by atoms with van der Waals surface area (Å²) in [6.45, 7) is 6.93. The van der Waals surface area contributed by atoms with Crippen LogP contribution in [0, 0.1) is 0 Å². The maximum absolute atomic E-state index is 11.5. The zero-order valence-corrected chi connectivity index (χ0v) is 19.1. The molecule has 0 amide bonds. The number of halogens is 1. The molecule has 0 aliphatic heterocycles. The number of guanidine groups is 1. The molecule has 0 aromatic heterocycles. The van der Waals surface area contributed by atoms with Gasteiger partial charge in [0.2, 0.25) is 0 Å². The zero-order valence-electron chi connectivity index (χ0n) is 16.8. The number of likely N-dealkylation sites (N-methyl/N-ethyl adjacent to an activating group) is 1.